The summed E-state index contributed by atoms with van der Waals surface area (Å²) in [5, 5.41) is 15.2. The summed E-state index contributed by atoms with van der Waals surface area (Å²) in [5.41, 5.74) is 4.85. The van der Waals surface area contributed by atoms with Gasteiger partial charge in [0.15, 0.2) is 0 Å². The summed E-state index contributed by atoms with van der Waals surface area (Å²) in [4.78, 5) is 12.9. The summed E-state index contributed by atoms with van der Waals surface area (Å²) < 4.78 is 5.80. The van der Waals surface area contributed by atoms with Crippen LogP contribution in [0, 0.1) is 0 Å². The quantitative estimate of drug-likeness (QED) is 0.433. The van der Waals surface area contributed by atoms with Gasteiger partial charge in [0.05, 0.1) is 6.04 Å². The molecule has 0 radical (unpaired) electrons. The van der Waals surface area contributed by atoms with Gasteiger partial charge in [-0.1, -0.05) is 43.4 Å². The lowest BCUT2D eigenvalue weighted by Gasteiger charge is -2.20. The zero-order valence-corrected chi connectivity index (χ0v) is 15.9. The molecule has 1 unspecified atom stereocenters. The second-order valence-electron chi connectivity index (χ2n) is 6.40. The van der Waals surface area contributed by atoms with Crippen LogP contribution < -0.4 is 20.9 Å². The Morgan fingerprint density at radius 2 is 2.04 bits per heavy atom. The molecule has 1 heterocycles. The molecule has 1 aliphatic heterocycles. The van der Waals surface area contributed by atoms with Crippen molar-refractivity contribution in [1.82, 2.24) is 16.1 Å². The van der Waals surface area contributed by atoms with E-state index in [1.54, 1.807) is 24.3 Å². The van der Waals surface area contributed by atoms with Crippen molar-refractivity contribution >= 4 is 23.1 Å². The molecule has 142 valence electrons. The fraction of sp³-hybridized carbons (Fsp3) is 0.300. The molecule has 1 amide bonds. The van der Waals surface area contributed by atoms with Crippen LogP contribution in [0.5, 0.6) is 5.75 Å². The number of thiocarbonyl (C=S) groups is 1. The monoisotopic (exact) mass is 385 g/mol. The molecular weight excluding hydrogens is 362 g/mol. The van der Waals surface area contributed by atoms with Gasteiger partial charge in [0.2, 0.25) is 5.91 Å². The maximum atomic E-state index is 12.7. The van der Waals surface area contributed by atoms with Gasteiger partial charge < -0.3 is 10.1 Å². The molecule has 0 saturated carbocycles. The number of carbonyl (C=O) groups excluding carboxylic acids is 1. The average molecular weight is 385 g/mol. The molecule has 1 aliphatic rings. The summed E-state index contributed by atoms with van der Waals surface area (Å²) in [5.74, 6) is 0.640. The van der Waals surface area contributed by atoms with Crippen molar-refractivity contribution in [2.45, 2.75) is 32.0 Å². The van der Waals surface area contributed by atoms with Gasteiger partial charge in [-0.05, 0) is 41.8 Å². The van der Waals surface area contributed by atoms with Crippen LogP contribution in [0.1, 0.15) is 36.1 Å². The average Bonchev–Trinajstić information content (AvgIpc) is 3.15. The molecule has 4 N–H and O–H groups in total. The third kappa shape index (κ3) is 4.63. The second-order valence-corrected chi connectivity index (χ2v) is 6.81. The lowest BCUT2D eigenvalue weighted by Crippen LogP contribution is -2.43. The van der Waals surface area contributed by atoms with Gasteiger partial charge in [-0.2, -0.15) is 0 Å². The largest absolute Gasteiger partial charge is 0.491 e. The summed E-state index contributed by atoms with van der Waals surface area (Å²) in [6.07, 6.45) is 0.761. The highest BCUT2D eigenvalue weighted by Gasteiger charge is 2.28. The van der Waals surface area contributed by atoms with Crippen LogP contribution in [0.25, 0.3) is 0 Å². The molecule has 0 bridgehead atoms. The van der Waals surface area contributed by atoms with Gasteiger partial charge in [0.1, 0.15) is 23.4 Å². The summed E-state index contributed by atoms with van der Waals surface area (Å²) in [6, 6.07) is 14.6. The van der Waals surface area contributed by atoms with Gasteiger partial charge in [0, 0.05) is 12.1 Å². The van der Waals surface area contributed by atoms with Crippen molar-refractivity contribution in [3.05, 3.63) is 65.2 Å². The van der Waals surface area contributed by atoms with E-state index in [4.69, 9.17) is 22.2 Å². The number of nitrogens with one attached hydrogen (secondary N) is 3. The van der Waals surface area contributed by atoms with E-state index in [9.17, 15) is 4.79 Å². The van der Waals surface area contributed by atoms with Gasteiger partial charge >= 0.3 is 0 Å². The maximum absolute atomic E-state index is 12.7. The van der Waals surface area contributed by atoms with Gasteiger partial charge in [-0.15, -0.1) is 0 Å². The summed E-state index contributed by atoms with van der Waals surface area (Å²) >= 11 is 4.96. The van der Waals surface area contributed by atoms with E-state index < -0.39 is 0 Å². The van der Waals surface area contributed by atoms with Crippen molar-refractivity contribution in [2.75, 3.05) is 6.61 Å². The molecule has 0 fully saturated rings. The molecule has 2 aromatic rings. The second kappa shape index (κ2) is 8.94. The predicted octanol–water partition coefficient (Wildman–Crippen LogP) is 2.46. The fourth-order valence-corrected chi connectivity index (χ4v) is 3.18. The molecule has 0 aromatic heterocycles. The Morgan fingerprint density at radius 1 is 1.30 bits per heavy atom. The lowest BCUT2D eigenvalue weighted by molar-refractivity contribution is -0.124. The van der Waals surface area contributed by atoms with E-state index in [0.717, 1.165) is 17.5 Å². The predicted molar refractivity (Wildman–Crippen MR) is 107 cm³/mol. The first-order chi connectivity index (χ1) is 13.1. The zero-order chi connectivity index (χ0) is 19.2. The smallest absolute Gasteiger partial charge is 0.242 e. The summed E-state index contributed by atoms with van der Waals surface area (Å²) in [7, 11) is 0. The van der Waals surface area contributed by atoms with E-state index in [2.05, 4.69) is 10.6 Å². The Labute approximate surface area is 163 Å². The molecule has 27 heavy (non-hydrogen) atoms. The minimum absolute atomic E-state index is 0.0369. The first kappa shape index (κ1) is 19.3. The highest BCUT2D eigenvalue weighted by molar-refractivity contribution is 7.80. The molecular formula is C20H23N3O3S. The van der Waals surface area contributed by atoms with Crippen LogP contribution in [0.3, 0.4) is 0 Å². The minimum Gasteiger partial charge on any atom is -0.491 e. The van der Waals surface area contributed by atoms with E-state index in [-0.39, 0.29) is 23.0 Å². The number of rotatable bonds is 7. The molecule has 2 aromatic carbocycles. The number of ether oxygens (including phenoxy) is 1. The number of hydroxylamine groups is 1. The molecule has 0 aliphatic carbocycles. The molecule has 0 spiro atoms. The SMILES string of the molecule is CC[C@@H](COc1ccc(C(=S)NO)cc1)NC(=O)C1NCc2ccccc21. The maximum Gasteiger partial charge on any atom is 0.242 e. The number of hydrogen-bond donors (Lipinski definition) is 4. The van der Waals surface area contributed by atoms with Crippen LogP contribution in [-0.2, 0) is 11.3 Å². The number of fused-ring (bicyclic) bond motifs is 1. The summed E-state index contributed by atoms with van der Waals surface area (Å²) in [6.45, 7) is 3.09. The Hall–Kier alpha value is -2.48. The fourth-order valence-electron chi connectivity index (χ4n) is 3.04. The van der Waals surface area contributed by atoms with Gasteiger partial charge in [-0.3, -0.25) is 20.8 Å². The Morgan fingerprint density at radius 3 is 2.74 bits per heavy atom. The number of carbonyl (C=O) groups is 1. The number of amides is 1. The highest BCUT2D eigenvalue weighted by Crippen LogP contribution is 2.25. The van der Waals surface area contributed by atoms with Crippen LogP contribution in [-0.4, -0.2) is 28.8 Å². The minimum atomic E-state index is -0.318. The van der Waals surface area contributed by atoms with Crippen molar-refractivity contribution in [3.63, 3.8) is 0 Å². The Balaban J connectivity index is 1.55. The van der Waals surface area contributed by atoms with Crippen molar-refractivity contribution in [1.29, 1.82) is 0 Å². The van der Waals surface area contributed by atoms with Crippen LogP contribution in [0.2, 0.25) is 0 Å². The Bertz CT molecular complexity index is 810. The Kier molecular flexibility index (Phi) is 6.39. The van der Waals surface area contributed by atoms with Gasteiger partial charge in [-0.25, -0.2) is 0 Å². The van der Waals surface area contributed by atoms with E-state index in [1.807, 2.05) is 36.7 Å². The van der Waals surface area contributed by atoms with Crippen molar-refractivity contribution in [2.24, 2.45) is 0 Å². The van der Waals surface area contributed by atoms with E-state index in [1.165, 1.54) is 0 Å². The van der Waals surface area contributed by atoms with Crippen LogP contribution in [0.4, 0.5) is 0 Å². The van der Waals surface area contributed by atoms with E-state index >= 15 is 0 Å². The lowest BCUT2D eigenvalue weighted by atomic mass is 10.0. The van der Waals surface area contributed by atoms with Crippen molar-refractivity contribution in [3.8, 4) is 5.75 Å². The number of hydrogen-bond acceptors (Lipinski definition) is 5. The number of benzene rings is 2. The van der Waals surface area contributed by atoms with E-state index in [0.29, 0.717) is 24.5 Å². The highest BCUT2D eigenvalue weighted by atomic mass is 32.1. The molecule has 6 nitrogen and oxygen atoms in total. The van der Waals surface area contributed by atoms with Gasteiger partial charge in [0.25, 0.3) is 0 Å². The van der Waals surface area contributed by atoms with Crippen LogP contribution in [0.15, 0.2) is 48.5 Å². The molecule has 7 heteroatoms. The normalized spacial score (nSPS) is 16.3. The molecule has 0 saturated heterocycles. The first-order valence-electron chi connectivity index (χ1n) is 8.91. The first-order valence-corrected chi connectivity index (χ1v) is 9.32. The molecule has 3 rings (SSSR count). The van der Waals surface area contributed by atoms with Crippen molar-refractivity contribution < 1.29 is 14.7 Å². The molecule has 2 atom stereocenters. The standard InChI is InChI=1S/C20H23N3O3S/c1-2-15(12-26-16-9-7-13(8-10-16)20(27)23-25)22-19(24)18-17-6-4-3-5-14(17)11-21-18/h3-10,15,18,21,25H,2,11-12H2,1H3,(H,22,24)(H,23,27)/t15-,18?/m0/s1. The third-order valence-corrected chi connectivity index (χ3v) is 4.96. The van der Waals surface area contributed by atoms with Crippen LogP contribution >= 0.6 is 12.2 Å². The zero-order valence-electron chi connectivity index (χ0n) is 15.1. The third-order valence-electron chi connectivity index (χ3n) is 4.63. The topological polar surface area (TPSA) is 82.6 Å².